The van der Waals surface area contributed by atoms with Crippen molar-refractivity contribution in [2.75, 3.05) is 18.4 Å². The molecule has 1 aromatic carbocycles. The van der Waals surface area contributed by atoms with Gasteiger partial charge in [0.05, 0.1) is 15.6 Å². The van der Waals surface area contributed by atoms with Crippen LogP contribution in [0.3, 0.4) is 0 Å². The van der Waals surface area contributed by atoms with Crippen molar-refractivity contribution in [2.45, 2.75) is 18.9 Å². The fraction of sp³-hybridized carbons (Fsp3) is 0.294. The van der Waals surface area contributed by atoms with Crippen molar-refractivity contribution in [3.05, 3.63) is 51.2 Å². The fourth-order valence-electron chi connectivity index (χ4n) is 2.60. The molecule has 1 aliphatic rings. The van der Waals surface area contributed by atoms with Crippen LogP contribution < -0.4 is 16.0 Å². The molecule has 1 unspecified atom stereocenters. The Morgan fingerprint density at radius 2 is 2.12 bits per heavy atom. The Labute approximate surface area is 161 Å². The molecule has 0 radical (unpaired) electrons. The first kappa shape index (κ1) is 19.7. The molecule has 2 heterocycles. The fourth-order valence-corrected chi connectivity index (χ4v) is 3.39. The van der Waals surface area contributed by atoms with Crippen molar-refractivity contribution < 1.29 is 9.59 Å². The zero-order valence-corrected chi connectivity index (χ0v) is 15.8. The number of amides is 2. The summed E-state index contributed by atoms with van der Waals surface area (Å²) in [6.07, 6.45) is 2.21. The maximum Gasteiger partial charge on any atom is 0.265 e. The number of halogens is 2. The van der Waals surface area contributed by atoms with Gasteiger partial charge in [0.2, 0.25) is 0 Å². The van der Waals surface area contributed by atoms with E-state index in [4.69, 9.17) is 11.6 Å². The molecule has 1 atom stereocenters. The van der Waals surface area contributed by atoms with Gasteiger partial charge in [-0.2, -0.15) is 0 Å². The van der Waals surface area contributed by atoms with E-state index < -0.39 is 0 Å². The zero-order chi connectivity index (χ0) is 16.9. The average Bonchev–Trinajstić information content (AvgIpc) is 3.28. The first-order valence-corrected chi connectivity index (χ1v) is 9.05. The predicted octanol–water partition coefficient (Wildman–Crippen LogP) is 3.56. The molecule has 3 rings (SSSR count). The summed E-state index contributed by atoms with van der Waals surface area (Å²) in [5.41, 5.74) is 0.903. The normalized spacial score (nSPS) is 16.1. The van der Waals surface area contributed by atoms with Crippen molar-refractivity contribution in [3.8, 4) is 0 Å². The number of thiophene rings is 1. The van der Waals surface area contributed by atoms with Gasteiger partial charge in [-0.25, -0.2) is 0 Å². The van der Waals surface area contributed by atoms with Gasteiger partial charge >= 0.3 is 0 Å². The monoisotopic (exact) mass is 399 g/mol. The van der Waals surface area contributed by atoms with Crippen molar-refractivity contribution in [1.82, 2.24) is 10.6 Å². The highest BCUT2D eigenvalue weighted by molar-refractivity contribution is 7.12. The lowest BCUT2D eigenvalue weighted by atomic mass is 10.1. The molecule has 25 heavy (non-hydrogen) atoms. The highest BCUT2D eigenvalue weighted by atomic mass is 35.5. The largest absolute Gasteiger partial charge is 0.350 e. The van der Waals surface area contributed by atoms with Gasteiger partial charge in [-0.15, -0.1) is 23.7 Å². The van der Waals surface area contributed by atoms with Crippen LogP contribution in [0.5, 0.6) is 0 Å². The standard InChI is InChI=1S/C17H18ClN3O2S.ClH/c18-13-6-5-11(16(22)20-10-12-3-1-7-19-12)9-14(13)21-17(23)15-4-2-8-24-15;/h2,4-6,8-9,12,19H,1,3,7,10H2,(H,20,22)(H,21,23);1H. The van der Waals surface area contributed by atoms with Gasteiger partial charge in [0, 0.05) is 18.2 Å². The molecule has 8 heteroatoms. The summed E-state index contributed by atoms with van der Waals surface area (Å²) < 4.78 is 0. The summed E-state index contributed by atoms with van der Waals surface area (Å²) in [6, 6.07) is 8.75. The topological polar surface area (TPSA) is 70.2 Å². The molecule has 5 nitrogen and oxygen atoms in total. The Morgan fingerprint density at radius 1 is 1.28 bits per heavy atom. The Morgan fingerprint density at radius 3 is 2.80 bits per heavy atom. The summed E-state index contributed by atoms with van der Waals surface area (Å²) >= 11 is 7.48. The van der Waals surface area contributed by atoms with Gasteiger partial charge < -0.3 is 16.0 Å². The van der Waals surface area contributed by atoms with Crippen molar-refractivity contribution >= 4 is 52.8 Å². The molecule has 0 saturated carbocycles. The molecular formula is C17H19Cl2N3O2S. The lowest BCUT2D eigenvalue weighted by Gasteiger charge is -2.13. The smallest absolute Gasteiger partial charge is 0.265 e. The Balaban J connectivity index is 0.00000225. The van der Waals surface area contributed by atoms with Crippen LogP contribution in [-0.4, -0.2) is 30.9 Å². The van der Waals surface area contributed by atoms with E-state index in [9.17, 15) is 9.59 Å². The minimum atomic E-state index is -0.236. The minimum absolute atomic E-state index is 0. The van der Waals surface area contributed by atoms with Gasteiger partial charge in [0.25, 0.3) is 11.8 Å². The average molecular weight is 400 g/mol. The summed E-state index contributed by atoms with van der Waals surface area (Å²) in [5.74, 6) is -0.411. The Bertz CT molecular complexity index is 731. The lowest BCUT2D eigenvalue weighted by Crippen LogP contribution is -2.37. The van der Waals surface area contributed by atoms with E-state index in [2.05, 4.69) is 16.0 Å². The number of anilines is 1. The number of rotatable bonds is 5. The van der Waals surface area contributed by atoms with E-state index >= 15 is 0 Å². The van der Waals surface area contributed by atoms with E-state index in [1.165, 1.54) is 11.3 Å². The molecule has 0 aliphatic carbocycles. The van der Waals surface area contributed by atoms with Gasteiger partial charge in [-0.1, -0.05) is 17.7 Å². The zero-order valence-electron chi connectivity index (χ0n) is 13.4. The number of hydrogen-bond donors (Lipinski definition) is 3. The molecule has 2 amide bonds. The summed E-state index contributed by atoms with van der Waals surface area (Å²) in [4.78, 5) is 25.0. The number of nitrogens with one attached hydrogen (secondary N) is 3. The molecular weight excluding hydrogens is 381 g/mol. The lowest BCUT2D eigenvalue weighted by molar-refractivity contribution is 0.0949. The molecule has 1 aliphatic heterocycles. The summed E-state index contributed by atoms with van der Waals surface area (Å²) in [6.45, 7) is 1.60. The molecule has 0 spiro atoms. The third kappa shape index (κ3) is 5.19. The first-order chi connectivity index (χ1) is 11.6. The molecule has 3 N–H and O–H groups in total. The number of hydrogen-bond acceptors (Lipinski definition) is 4. The van der Waals surface area contributed by atoms with Crippen LogP contribution in [-0.2, 0) is 0 Å². The number of carbonyl (C=O) groups is 2. The Kier molecular flexibility index (Phi) is 7.25. The highest BCUT2D eigenvalue weighted by Gasteiger charge is 2.16. The van der Waals surface area contributed by atoms with E-state index in [0.29, 0.717) is 33.7 Å². The van der Waals surface area contributed by atoms with E-state index in [0.717, 1.165) is 19.4 Å². The third-order valence-corrected chi connectivity index (χ3v) is 5.09. The molecule has 134 valence electrons. The first-order valence-electron chi connectivity index (χ1n) is 7.79. The molecule has 1 fully saturated rings. The van der Waals surface area contributed by atoms with Crippen LogP contribution in [0.25, 0.3) is 0 Å². The van der Waals surface area contributed by atoms with Gasteiger partial charge in [0.1, 0.15) is 0 Å². The molecule has 1 saturated heterocycles. The summed E-state index contributed by atoms with van der Waals surface area (Å²) in [5, 5.41) is 11.2. The van der Waals surface area contributed by atoms with E-state index in [1.54, 1.807) is 24.3 Å². The van der Waals surface area contributed by atoms with Crippen LogP contribution in [0.2, 0.25) is 5.02 Å². The van der Waals surface area contributed by atoms with Gasteiger partial charge in [-0.05, 0) is 49.0 Å². The predicted molar refractivity (Wildman–Crippen MR) is 104 cm³/mol. The second-order valence-corrected chi connectivity index (χ2v) is 6.98. The molecule has 2 aromatic rings. The summed E-state index contributed by atoms with van der Waals surface area (Å²) in [7, 11) is 0. The van der Waals surface area contributed by atoms with Crippen LogP contribution in [0.1, 0.15) is 32.9 Å². The molecule has 1 aromatic heterocycles. The maximum absolute atomic E-state index is 12.3. The Hall–Kier alpha value is -1.60. The van der Waals surface area contributed by atoms with Crippen LogP contribution in [0.15, 0.2) is 35.7 Å². The van der Waals surface area contributed by atoms with Crippen molar-refractivity contribution in [3.63, 3.8) is 0 Å². The van der Waals surface area contributed by atoms with Gasteiger partial charge in [-0.3, -0.25) is 9.59 Å². The van der Waals surface area contributed by atoms with E-state index in [1.807, 2.05) is 11.4 Å². The second kappa shape index (κ2) is 9.20. The van der Waals surface area contributed by atoms with Crippen LogP contribution in [0, 0.1) is 0 Å². The highest BCUT2D eigenvalue weighted by Crippen LogP contribution is 2.24. The SMILES string of the molecule is Cl.O=C(NCC1CCCN1)c1ccc(Cl)c(NC(=O)c2cccs2)c1. The van der Waals surface area contributed by atoms with Crippen LogP contribution in [0.4, 0.5) is 5.69 Å². The maximum atomic E-state index is 12.3. The third-order valence-electron chi connectivity index (χ3n) is 3.89. The number of carbonyl (C=O) groups excluding carboxylic acids is 2. The number of benzene rings is 1. The van der Waals surface area contributed by atoms with Gasteiger partial charge in [0.15, 0.2) is 0 Å². The second-order valence-electron chi connectivity index (χ2n) is 5.63. The quantitative estimate of drug-likeness (QED) is 0.719. The molecule has 0 bridgehead atoms. The minimum Gasteiger partial charge on any atom is -0.350 e. The van der Waals surface area contributed by atoms with Crippen LogP contribution >= 0.6 is 35.3 Å². The van der Waals surface area contributed by atoms with Crippen molar-refractivity contribution in [2.24, 2.45) is 0 Å². The van der Waals surface area contributed by atoms with Crippen molar-refractivity contribution in [1.29, 1.82) is 0 Å². The van der Waals surface area contributed by atoms with E-state index in [-0.39, 0.29) is 24.2 Å².